The molecule has 0 aliphatic heterocycles. The molecule has 0 unspecified atom stereocenters. The fourth-order valence-corrected chi connectivity index (χ4v) is 1.60. The second-order valence-electron chi connectivity index (χ2n) is 3.46. The second-order valence-corrected chi connectivity index (χ2v) is 3.46. The van der Waals surface area contributed by atoms with E-state index in [4.69, 9.17) is 6.42 Å². The molecule has 0 atom stereocenters. The van der Waals surface area contributed by atoms with E-state index in [1.807, 2.05) is 0 Å². The molecule has 0 aromatic rings. The molecule has 1 heteroatoms. The van der Waals surface area contributed by atoms with Crippen molar-refractivity contribution in [2.75, 3.05) is 0 Å². The molecule has 1 nitrogen and oxygen atoms in total. The highest BCUT2D eigenvalue weighted by Gasteiger charge is 2.10. The molecule has 70 valence electrons. The number of ketones is 1. The third-order valence-electron chi connectivity index (χ3n) is 2.37. The number of Topliss-reactive ketones (excluding diaryl/α,β-unsaturated/α-hetero) is 1. The Hall–Kier alpha value is -1.03. The molecule has 0 N–H and O–H groups in total. The van der Waals surface area contributed by atoms with E-state index < -0.39 is 0 Å². The van der Waals surface area contributed by atoms with Gasteiger partial charge in [0.25, 0.3) is 0 Å². The summed E-state index contributed by atoms with van der Waals surface area (Å²) in [5.41, 5.74) is 1.04. The Labute approximate surface area is 80.2 Å². The molecule has 0 saturated carbocycles. The van der Waals surface area contributed by atoms with Gasteiger partial charge in [0.05, 0.1) is 0 Å². The van der Waals surface area contributed by atoms with E-state index in [0.717, 1.165) is 31.3 Å². The van der Waals surface area contributed by atoms with Gasteiger partial charge in [-0.05, 0) is 37.7 Å². The van der Waals surface area contributed by atoms with Crippen LogP contribution in [-0.4, -0.2) is 5.78 Å². The summed E-state index contributed by atoms with van der Waals surface area (Å²) in [5.74, 6) is 2.87. The molecule has 0 saturated heterocycles. The topological polar surface area (TPSA) is 17.1 Å². The Morgan fingerprint density at radius 1 is 1.54 bits per heavy atom. The molecular formula is C12H16O. The smallest absolute Gasteiger partial charge is 0.158 e. The highest BCUT2D eigenvalue weighted by atomic mass is 16.1. The largest absolute Gasteiger partial charge is 0.295 e. The van der Waals surface area contributed by atoms with Gasteiger partial charge in [-0.3, -0.25) is 4.79 Å². The lowest BCUT2D eigenvalue weighted by Crippen LogP contribution is -2.05. The summed E-state index contributed by atoms with van der Waals surface area (Å²) in [6.07, 6.45) is 13.9. The van der Waals surface area contributed by atoms with Crippen LogP contribution in [0, 0.1) is 12.3 Å². The Morgan fingerprint density at radius 2 is 2.38 bits per heavy atom. The minimum absolute atomic E-state index is 0.315. The van der Waals surface area contributed by atoms with Crippen molar-refractivity contribution in [3.63, 3.8) is 0 Å². The van der Waals surface area contributed by atoms with Crippen LogP contribution in [0.15, 0.2) is 11.6 Å². The Bertz CT molecular complexity index is 242. The highest BCUT2D eigenvalue weighted by Crippen LogP contribution is 2.19. The van der Waals surface area contributed by atoms with Crippen LogP contribution in [-0.2, 0) is 4.79 Å². The first kappa shape index (κ1) is 10.1. The zero-order chi connectivity index (χ0) is 9.52. The minimum atomic E-state index is 0.315. The van der Waals surface area contributed by atoms with Crippen LogP contribution in [0.2, 0.25) is 0 Å². The summed E-state index contributed by atoms with van der Waals surface area (Å²) in [5, 5.41) is 0. The van der Waals surface area contributed by atoms with E-state index in [2.05, 4.69) is 12.0 Å². The molecule has 1 aliphatic carbocycles. The SMILES string of the molecule is C#CCCCC(=O)C1=CCCCC1. The quantitative estimate of drug-likeness (QED) is 0.475. The Morgan fingerprint density at radius 3 is 3.00 bits per heavy atom. The van der Waals surface area contributed by atoms with Gasteiger partial charge in [-0.1, -0.05) is 6.08 Å². The molecule has 0 radical (unpaired) electrons. The predicted octanol–water partition coefficient (Wildman–Crippen LogP) is 2.86. The molecular weight excluding hydrogens is 160 g/mol. The number of hydrogen-bond acceptors (Lipinski definition) is 1. The van der Waals surface area contributed by atoms with E-state index in [1.165, 1.54) is 12.8 Å². The van der Waals surface area contributed by atoms with Gasteiger partial charge < -0.3 is 0 Å². The maximum Gasteiger partial charge on any atom is 0.158 e. The van der Waals surface area contributed by atoms with Crippen molar-refractivity contribution in [1.29, 1.82) is 0 Å². The maximum absolute atomic E-state index is 11.5. The van der Waals surface area contributed by atoms with E-state index in [-0.39, 0.29) is 0 Å². The van der Waals surface area contributed by atoms with Crippen LogP contribution in [0.3, 0.4) is 0 Å². The number of rotatable bonds is 4. The third-order valence-corrected chi connectivity index (χ3v) is 2.37. The molecule has 0 aromatic carbocycles. The standard InChI is InChI=1S/C12H16O/c1-2-3-5-10-12(13)11-8-6-4-7-9-11/h1,8H,3-7,9-10H2. The molecule has 0 bridgehead atoms. The molecule has 0 fully saturated rings. The lowest BCUT2D eigenvalue weighted by Gasteiger charge is -2.10. The molecule has 0 heterocycles. The van der Waals surface area contributed by atoms with Gasteiger partial charge in [0.1, 0.15) is 0 Å². The highest BCUT2D eigenvalue weighted by molar-refractivity contribution is 5.95. The molecule has 0 amide bonds. The number of terminal acetylenes is 1. The molecule has 0 aromatic heterocycles. The van der Waals surface area contributed by atoms with E-state index in [9.17, 15) is 4.79 Å². The van der Waals surface area contributed by atoms with Gasteiger partial charge in [0.15, 0.2) is 5.78 Å². The van der Waals surface area contributed by atoms with Gasteiger partial charge in [-0.25, -0.2) is 0 Å². The number of unbranched alkanes of at least 4 members (excludes halogenated alkanes) is 1. The van der Waals surface area contributed by atoms with Gasteiger partial charge in [-0.15, -0.1) is 12.3 Å². The monoisotopic (exact) mass is 176 g/mol. The molecule has 13 heavy (non-hydrogen) atoms. The lowest BCUT2D eigenvalue weighted by atomic mass is 9.94. The Balaban J connectivity index is 2.30. The summed E-state index contributed by atoms with van der Waals surface area (Å²) in [7, 11) is 0. The van der Waals surface area contributed by atoms with E-state index in [0.29, 0.717) is 12.2 Å². The van der Waals surface area contributed by atoms with Crippen LogP contribution < -0.4 is 0 Å². The average Bonchev–Trinajstić information content (AvgIpc) is 2.19. The van der Waals surface area contributed by atoms with Crippen LogP contribution in [0.25, 0.3) is 0 Å². The summed E-state index contributed by atoms with van der Waals surface area (Å²) in [4.78, 5) is 11.5. The predicted molar refractivity (Wildman–Crippen MR) is 54.2 cm³/mol. The van der Waals surface area contributed by atoms with Gasteiger partial charge >= 0.3 is 0 Å². The van der Waals surface area contributed by atoms with E-state index in [1.54, 1.807) is 0 Å². The van der Waals surface area contributed by atoms with Crippen molar-refractivity contribution in [2.24, 2.45) is 0 Å². The number of allylic oxidation sites excluding steroid dienone is 2. The first-order valence-corrected chi connectivity index (χ1v) is 5.00. The van der Waals surface area contributed by atoms with Crippen molar-refractivity contribution >= 4 is 5.78 Å². The first-order chi connectivity index (χ1) is 6.34. The fraction of sp³-hybridized carbons (Fsp3) is 0.583. The summed E-state index contributed by atoms with van der Waals surface area (Å²) < 4.78 is 0. The zero-order valence-corrected chi connectivity index (χ0v) is 8.01. The van der Waals surface area contributed by atoms with Crippen LogP contribution >= 0.6 is 0 Å². The number of hydrogen-bond donors (Lipinski definition) is 0. The average molecular weight is 176 g/mol. The van der Waals surface area contributed by atoms with E-state index >= 15 is 0 Å². The van der Waals surface area contributed by atoms with Crippen molar-refractivity contribution < 1.29 is 4.79 Å². The van der Waals surface area contributed by atoms with Crippen LogP contribution in [0.5, 0.6) is 0 Å². The normalized spacial score (nSPS) is 16.1. The zero-order valence-electron chi connectivity index (χ0n) is 8.01. The van der Waals surface area contributed by atoms with Gasteiger partial charge in [-0.2, -0.15) is 0 Å². The lowest BCUT2D eigenvalue weighted by molar-refractivity contribution is -0.115. The fourth-order valence-electron chi connectivity index (χ4n) is 1.60. The van der Waals surface area contributed by atoms with Crippen LogP contribution in [0.1, 0.15) is 44.9 Å². The third kappa shape index (κ3) is 3.46. The van der Waals surface area contributed by atoms with Crippen molar-refractivity contribution in [3.8, 4) is 12.3 Å². The molecule has 0 spiro atoms. The van der Waals surface area contributed by atoms with Crippen molar-refractivity contribution in [3.05, 3.63) is 11.6 Å². The van der Waals surface area contributed by atoms with Crippen molar-refractivity contribution in [1.82, 2.24) is 0 Å². The summed E-state index contributed by atoms with van der Waals surface area (Å²) >= 11 is 0. The molecule has 1 rings (SSSR count). The maximum atomic E-state index is 11.5. The summed E-state index contributed by atoms with van der Waals surface area (Å²) in [6, 6.07) is 0. The minimum Gasteiger partial charge on any atom is -0.295 e. The van der Waals surface area contributed by atoms with Gasteiger partial charge in [0.2, 0.25) is 0 Å². The second kappa shape index (κ2) is 5.59. The van der Waals surface area contributed by atoms with Crippen LogP contribution in [0.4, 0.5) is 0 Å². The molecule has 1 aliphatic rings. The summed E-state index contributed by atoms with van der Waals surface area (Å²) in [6.45, 7) is 0. The number of carbonyl (C=O) groups excluding carboxylic acids is 1. The van der Waals surface area contributed by atoms with Crippen molar-refractivity contribution in [2.45, 2.75) is 44.9 Å². The first-order valence-electron chi connectivity index (χ1n) is 5.00. The number of carbonyl (C=O) groups is 1. The Kier molecular flexibility index (Phi) is 4.32. The van der Waals surface area contributed by atoms with Gasteiger partial charge in [0, 0.05) is 12.8 Å².